The van der Waals surface area contributed by atoms with Gasteiger partial charge in [-0.15, -0.1) is 24.0 Å². The predicted molar refractivity (Wildman–Crippen MR) is 119 cm³/mol. The number of esters is 1. The number of hydrogen-bond acceptors (Lipinski definition) is 4. The lowest BCUT2D eigenvalue weighted by molar-refractivity contribution is -0.145. The van der Waals surface area contributed by atoms with Crippen molar-refractivity contribution in [2.75, 3.05) is 40.4 Å². The summed E-state index contributed by atoms with van der Waals surface area (Å²) in [6, 6.07) is 8.16. The zero-order valence-electron chi connectivity index (χ0n) is 16.7. The Labute approximate surface area is 179 Å². The summed E-state index contributed by atoms with van der Waals surface area (Å²) in [7, 11) is 3.13. The molecule has 7 heteroatoms. The molecule has 1 aromatic carbocycles. The molecule has 0 aromatic heterocycles. The van der Waals surface area contributed by atoms with Crippen LogP contribution in [0, 0.1) is 11.8 Å². The number of carbonyl (C=O) groups is 1. The van der Waals surface area contributed by atoms with Crippen molar-refractivity contribution in [2.24, 2.45) is 16.8 Å². The number of guanidine groups is 1. The van der Waals surface area contributed by atoms with E-state index in [4.69, 9.17) is 14.5 Å². The first-order valence-electron chi connectivity index (χ1n) is 9.33. The summed E-state index contributed by atoms with van der Waals surface area (Å²) in [6.07, 6.45) is 1.96. The molecule has 0 amide bonds. The number of hydrogen-bond donors (Lipinski definition) is 1. The van der Waals surface area contributed by atoms with Gasteiger partial charge < -0.3 is 19.7 Å². The number of methoxy groups -OCH3 is 2. The third-order valence-electron chi connectivity index (χ3n) is 4.79. The molecule has 0 radical (unpaired) electrons. The molecule has 1 saturated heterocycles. The third kappa shape index (κ3) is 6.86. The number of likely N-dealkylation sites (tertiary alicyclic amines) is 1. The molecule has 152 valence electrons. The Balaban J connectivity index is 0.00000364. The van der Waals surface area contributed by atoms with Crippen molar-refractivity contribution in [3.05, 3.63) is 29.8 Å². The fraction of sp³-hybridized carbons (Fsp3) is 0.600. The van der Waals surface area contributed by atoms with Crippen LogP contribution in [0.1, 0.15) is 25.8 Å². The van der Waals surface area contributed by atoms with E-state index in [-0.39, 0.29) is 41.8 Å². The number of nitrogens with one attached hydrogen (secondary N) is 1. The van der Waals surface area contributed by atoms with Crippen molar-refractivity contribution in [1.29, 1.82) is 0 Å². The van der Waals surface area contributed by atoms with Crippen LogP contribution in [0.15, 0.2) is 29.3 Å². The molecular weight excluding hydrogens is 457 g/mol. The van der Waals surface area contributed by atoms with Gasteiger partial charge in [-0.2, -0.15) is 0 Å². The summed E-state index contributed by atoms with van der Waals surface area (Å²) < 4.78 is 10.1. The van der Waals surface area contributed by atoms with E-state index in [9.17, 15) is 4.79 Å². The van der Waals surface area contributed by atoms with Crippen molar-refractivity contribution in [3.63, 3.8) is 0 Å². The van der Waals surface area contributed by atoms with Gasteiger partial charge in [0.05, 0.1) is 20.1 Å². The average molecular weight is 489 g/mol. The Morgan fingerprint density at radius 2 is 1.96 bits per heavy atom. The van der Waals surface area contributed by atoms with Crippen molar-refractivity contribution in [3.8, 4) is 5.75 Å². The van der Waals surface area contributed by atoms with Crippen LogP contribution in [0.3, 0.4) is 0 Å². The van der Waals surface area contributed by atoms with Gasteiger partial charge in [-0.1, -0.05) is 19.1 Å². The highest BCUT2D eigenvalue weighted by atomic mass is 127. The molecule has 0 bridgehead atoms. The minimum absolute atomic E-state index is 0. The van der Waals surface area contributed by atoms with E-state index in [1.54, 1.807) is 7.11 Å². The van der Waals surface area contributed by atoms with Gasteiger partial charge in [-0.05, 0) is 43.4 Å². The molecule has 2 rings (SSSR count). The second-order valence-electron chi connectivity index (χ2n) is 6.70. The van der Waals surface area contributed by atoms with E-state index in [0.717, 1.165) is 44.2 Å². The normalized spacial score (nSPS) is 19.4. The van der Waals surface area contributed by atoms with Crippen molar-refractivity contribution >= 4 is 35.9 Å². The number of rotatable bonds is 7. The predicted octanol–water partition coefficient (Wildman–Crippen LogP) is 2.95. The Kier molecular flexibility index (Phi) is 10.5. The minimum atomic E-state index is -0.129. The molecule has 27 heavy (non-hydrogen) atoms. The van der Waals surface area contributed by atoms with Crippen molar-refractivity contribution in [2.45, 2.75) is 26.7 Å². The maximum atomic E-state index is 11.9. The minimum Gasteiger partial charge on any atom is -0.497 e. The molecule has 1 fully saturated rings. The Bertz CT molecular complexity index is 607. The molecule has 2 unspecified atom stereocenters. The number of carbonyl (C=O) groups excluding carboxylic acids is 1. The van der Waals surface area contributed by atoms with Gasteiger partial charge in [0, 0.05) is 26.2 Å². The van der Waals surface area contributed by atoms with Crippen LogP contribution in [-0.4, -0.2) is 57.2 Å². The van der Waals surface area contributed by atoms with E-state index >= 15 is 0 Å². The Morgan fingerprint density at radius 3 is 2.56 bits per heavy atom. The summed E-state index contributed by atoms with van der Waals surface area (Å²) in [4.78, 5) is 18.8. The number of halogens is 1. The number of nitrogens with zero attached hydrogens (tertiary/aromatic N) is 2. The smallest absolute Gasteiger partial charge is 0.310 e. The van der Waals surface area contributed by atoms with Gasteiger partial charge in [0.25, 0.3) is 0 Å². The molecule has 0 aliphatic carbocycles. The zero-order valence-corrected chi connectivity index (χ0v) is 19.1. The lowest BCUT2D eigenvalue weighted by Gasteiger charge is -2.21. The highest BCUT2D eigenvalue weighted by molar-refractivity contribution is 14.0. The van der Waals surface area contributed by atoms with E-state index in [1.807, 2.05) is 12.1 Å². The van der Waals surface area contributed by atoms with Crippen molar-refractivity contribution < 1.29 is 14.3 Å². The first kappa shape index (κ1) is 23.5. The molecule has 1 heterocycles. The van der Waals surface area contributed by atoms with Crippen LogP contribution in [0.2, 0.25) is 0 Å². The fourth-order valence-electron chi connectivity index (χ4n) is 3.28. The summed E-state index contributed by atoms with van der Waals surface area (Å²) in [5.41, 5.74) is 1.28. The van der Waals surface area contributed by atoms with Gasteiger partial charge >= 0.3 is 5.97 Å². The zero-order chi connectivity index (χ0) is 18.9. The Morgan fingerprint density at radius 1 is 1.26 bits per heavy atom. The maximum absolute atomic E-state index is 11.9. The van der Waals surface area contributed by atoms with Gasteiger partial charge in [0.15, 0.2) is 5.96 Å². The second-order valence-corrected chi connectivity index (χ2v) is 6.70. The van der Waals surface area contributed by atoms with E-state index in [2.05, 4.69) is 36.2 Å². The van der Waals surface area contributed by atoms with Crippen LogP contribution in [0.5, 0.6) is 5.75 Å². The topological polar surface area (TPSA) is 63.2 Å². The standard InChI is InChI=1S/C20H31N3O3.HI/c1-5-21-20(23-13-15(2)18(14-23)19(24)26-4)22-12-6-7-16-8-10-17(25-3)11-9-16;/h8-11,15,18H,5-7,12-14H2,1-4H3,(H,21,22);1H. The van der Waals surface area contributed by atoms with Gasteiger partial charge in [-0.3, -0.25) is 9.79 Å². The van der Waals surface area contributed by atoms with E-state index in [0.29, 0.717) is 6.54 Å². The highest BCUT2D eigenvalue weighted by Gasteiger charge is 2.36. The lowest BCUT2D eigenvalue weighted by atomic mass is 9.99. The summed E-state index contributed by atoms with van der Waals surface area (Å²) >= 11 is 0. The third-order valence-corrected chi connectivity index (χ3v) is 4.79. The van der Waals surface area contributed by atoms with E-state index < -0.39 is 0 Å². The first-order chi connectivity index (χ1) is 12.6. The molecule has 0 spiro atoms. The molecule has 1 N–H and O–H groups in total. The molecule has 2 atom stereocenters. The Hall–Kier alpha value is -1.51. The van der Waals surface area contributed by atoms with Crippen LogP contribution >= 0.6 is 24.0 Å². The monoisotopic (exact) mass is 489 g/mol. The number of aliphatic imine (C=N–C) groups is 1. The SMILES string of the molecule is CCNC(=NCCCc1ccc(OC)cc1)N1CC(C)C(C(=O)OC)C1.I. The number of ether oxygens (including phenoxy) is 2. The van der Waals surface area contributed by atoms with E-state index in [1.165, 1.54) is 12.7 Å². The van der Waals surface area contributed by atoms with Crippen LogP contribution < -0.4 is 10.1 Å². The van der Waals surface area contributed by atoms with Crippen LogP contribution in [-0.2, 0) is 16.0 Å². The molecule has 1 aliphatic rings. The van der Waals surface area contributed by atoms with Crippen LogP contribution in [0.4, 0.5) is 0 Å². The molecule has 1 aliphatic heterocycles. The molecule has 0 saturated carbocycles. The summed E-state index contributed by atoms with van der Waals surface area (Å²) in [5, 5.41) is 3.34. The first-order valence-corrected chi connectivity index (χ1v) is 9.33. The summed E-state index contributed by atoms with van der Waals surface area (Å²) in [6.45, 7) is 7.20. The largest absolute Gasteiger partial charge is 0.497 e. The fourth-order valence-corrected chi connectivity index (χ4v) is 3.28. The molecule has 1 aromatic rings. The van der Waals surface area contributed by atoms with Gasteiger partial charge in [0.2, 0.25) is 0 Å². The number of benzene rings is 1. The second kappa shape index (κ2) is 12.0. The lowest BCUT2D eigenvalue weighted by Crippen LogP contribution is -2.40. The van der Waals surface area contributed by atoms with Gasteiger partial charge in [0.1, 0.15) is 5.75 Å². The van der Waals surface area contributed by atoms with Crippen molar-refractivity contribution in [1.82, 2.24) is 10.2 Å². The maximum Gasteiger partial charge on any atom is 0.310 e. The highest BCUT2D eigenvalue weighted by Crippen LogP contribution is 2.24. The number of aryl methyl sites for hydroxylation is 1. The average Bonchev–Trinajstić information content (AvgIpc) is 3.05. The van der Waals surface area contributed by atoms with Crippen LogP contribution in [0.25, 0.3) is 0 Å². The van der Waals surface area contributed by atoms with Gasteiger partial charge in [-0.25, -0.2) is 0 Å². The molecule has 6 nitrogen and oxygen atoms in total. The summed E-state index contributed by atoms with van der Waals surface area (Å²) in [5.74, 6) is 1.83. The molecular formula is C20H32IN3O3. The quantitative estimate of drug-likeness (QED) is 0.210.